The molecular weight excluding hydrogens is 265 g/mol. The first-order valence-electron chi connectivity index (χ1n) is 6.68. The Morgan fingerprint density at radius 2 is 2.25 bits per heavy atom. The van der Waals surface area contributed by atoms with Gasteiger partial charge in [-0.15, -0.1) is 0 Å². The van der Waals surface area contributed by atoms with Gasteiger partial charge in [-0.05, 0) is 19.8 Å². The number of likely N-dealkylation sites (tertiary alicyclic amines) is 1. The summed E-state index contributed by atoms with van der Waals surface area (Å²) in [4.78, 5) is 21.1. The number of hydrogen-bond donors (Lipinski definition) is 0. The summed E-state index contributed by atoms with van der Waals surface area (Å²) in [7, 11) is 0. The maximum absolute atomic E-state index is 12.7. The van der Waals surface area contributed by atoms with Gasteiger partial charge in [0.15, 0.2) is 5.82 Å². The minimum absolute atomic E-state index is 0.0415. The minimum atomic E-state index is -0.505. The second-order valence-corrected chi connectivity index (χ2v) is 4.54. The van der Waals surface area contributed by atoms with Gasteiger partial charge in [-0.1, -0.05) is 0 Å². The van der Waals surface area contributed by atoms with Crippen LogP contribution in [0.15, 0.2) is 12.4 Å². The van der Waals surface area contributed by atoms with Gasteiger partial charge in [0.05, 0.1) is 18.9 Å². The summed E-state index contributed by atoms with van der Waals surface area (Å²) in [6, 6.07) is 0.135. The summed E-state index contributed by atoms with van der Waals surface area (Å²) in [5.74, 6) is -0.547. The highest BCUT2D eigenvalue weighted by atomic mass is 19.1. The van der Waals surface area contributed by atoms with Crippen molar-refractivity contribution in [2.24, 2.45) is 0 Å². The Morgan fingerprint density at radius 3 is 2.95 bits per heavy atom. The van der Waals surface area contributed by atoms with E-state index in [-0.39, 0.29) is 24.6 Å². The molecule has 0 aliphatic carbocycles. The lowest BCUT2D eigenvalue weighted by atomic mass is 10.1. The fourth-order valence-corrected chi connectivity index (χ4v) is 2.05. The molecule has 1 atom stereocenters. The Kier molecular flexibility index (Phi) is 5.23. The number of hydrogen-bond acceptors (Lipinski definition) is 5. The molecule has 0 radical (unpaired) electrons. The molecule has 7 heteroatoms. The molecular formula is C13H18FN3O3. The zero-order valence-corrected chi connectivity index (χ0v) is 11.4. The summed E-state index contributed by atoms with van der Waals surface area (Å²) in [6.07, 6.45) is 3.62. The smallest absolute Gasteiger partial charge is 0.316 e. The van der Waals surface area contributed by atoms with Gasteiger partial charge in [0.25, 0.3) is 0 Å². The van der Waals surface area contributed by atoms with Gasteiger partial charge < -0.3 is 14.4 Å². The highest BCUT2D eigenvalue weighted by Crippen LogP contribution is 2.15. The summed E-state index contributed by atoms with van der Waals surface area (Å²) in [5.41, 5.74) is 0. The van der Waals surface area contributed by atoms with Gasteiger partial charge in [-0.2, -0.15) is 0 Å². The minimum Gasteiger partial charge on any atom is -0.458 e. The number of piperidine rings is 1. The zero-order chi connectivity index (χ0) is 14.4. The quantitative estimate of drug-likeness (QED) is 0.807. The van der Waals surface area contributed by atoms with E-state index >= 15 is 0 Å². The normalized spacial score (nSPS) is 18.9. The molecule has 1 fully saturated rings. The molecule has 1 aromatic rings. The van der Waals surface area contributed by atoms with E-state index in [4.69, 9.17) is 9.47 Å². The number of carbonyl (C=O) groups excluding carboxylic acids is 1. The molecule has 1 aliphatic rings. The second kappa shape index (κ2) is 7.14. The first kappa shape index (κ1) is 14.6. The summed E-state index contributed by atoms with van der Waals surface area (Å²) in [5, 5.41) is 0. The van der Waals surface area contributed by atoms with E-state index in [0.717, 1.165) is 25.2 Å². The Bertz CT molecular complexity index is 441. The van der Waals surface area contributed by atoms with E-state index in [9.17, 15) is 9.18 Å². The first-order valence-corrected chi connectivity index (χ1v) is 6.68. The van der Waals surface area contributed by atoms with Crippen LogP contribution in [0.25, 0.3) is 0 Å². The highest BCUT2D eigenvalue weighted by molar-refractivity contribution is 5.77. The van der Waals surface area contributed by atoms with Crippen LogP contribution in [0.5, 0.6) is 6.01 Å². The molecule has 0 spiro atoms. The number of ether oxygens (including phenoxy) is 2. The van der Waals surface area contributed by atoms with Crippen LogP contribution >= 0.6 is 0 Å². The molecule has 6 nitrogen and oxygen atoms in total. The summed E-state index contributed by atoms with van der Waals surface area (Å²) >= 11 is 0. The van der Waals surface area contributed by atoms with Crippen LogP contribution in [0.3, 0.4) is 0 Å². The molecule has 0 aromatic carbocycles. The van der Waals surface area contributed by atoms with E-state index in [1.165, 1.54) is 0 Å². The average Bonchev–Trinajstić information content (AvgIpc) is 2.47. The van der Waals surface area contributed by atoms with Crippen molar-refractivity contribution in [1.29, 1.82) is 0 Å². The molecule has 1 aliphatic heterocycles. The van der Waals surface area contributed by atoms with Gasteiger partial charge >= 0.3 is 6.01 Å². The van der Waals surface area contributed by atoms with E-state index in [2.05, 4.69) is 9.97 Å². The number of rotatable bonds is 5. The van der Waals surface area contributed by atoms with Crippen molar-refractivity contribution in [3.8, 4) is 6.01 Å². The lowest BCUT2D eigenvalue weighted by Crippen LogP contribution is -2.45. The Morgan fingerprint density at radius 1 is 1.50 bits per heavy atom. The Hall–Kier alpha value is -1.76. The van der Waals surface area contributed by atoms with Gasteiger partial charge in [-0.25, -0.2) is 14.4 Å². The number of amides is 1. The Balaban J connectivity index is 1.86. The van der Waals surface area contributed by atoms with Crippen molar-refractivity contribution >= 4 is 5.91 Å². The SMILES string of the molecule is CCOCC(=O)N1CCCC(Oc2ncc(F)cn2)C1. The molecule has 1 aromatic heterocycles. The van der Waals surface area contributed by atoms with Crippen LogP contribution in [-0.4, -0.2) is 53.2 Å². The van der Waals surface area contributed by atoms with Gasteiger partial charge in [-0.3, -0.25) is 4.79 Å². The lowest BCUT2D eigenvalue weighted by Gasteiger charge is -2.32. The molecule has 1 amide bonds. The van der Waals surface area contributed by atoms with E-state index < -0.39 is 5.82 Å². The molecule has 1 unspecified atom stereocenters. The van der Waals surface area contributed by atoms with Crippen LogP contribution in [-0.2, 0) is 9.53 Å². The second-order valence-electron chi connectivity index (χ2n) is 4.54. The predicted molar refractivity (Wildman–Crippen MR) is 68.7 cm³/mol. The van der Waals surface area contributed by atoms with E-state index in [1.807, 2.05) is 6.92 Å². The fourth-order valence-electron chi connectivity index (χ4n) is 2.05. The topological polar surface area (TPSA) is 64.5 Å². The number of aromatic nitrogens is 2. The summed E-state index contributed by atoms with van der Waals surface area (Å²) in [6.45, 7) is 3.64. The van der Waals surface area contributed by atoms with Gasteiger partial charge in [0.1, 0.15) is 12.7 Å². The lowest BCUT2D eigenvalue weighted by molar-refractivity contribution is -0.138. The third kappa shape index (κ3) is 4.12. The third-order valence-electron chi connectivity index (χ3n) is 3.03. The molecule has 0 N–H and O–H groups in total. The molecule has 0 saturated carbocycles. The molecule has 2 rings (SSSR count). The summed E-state index contributed by atoms with van der Waals surface area (Å²) < 4.78 is 23.4. The fraction of sp³-hybridized carbons (Fsp3) is 0.615. The van der Waals surface area contributed by atoms with Crippen molar-refractivity contribution in [3.05, 3.63) is 18.2 Å². The highest BCUT2D eigenvalue weighted by Gasteiger charge is 2.25. The number of halogens is 1. The van der Waals surface area contributed by atoms with Crippen LogP contribution < -0.4 is 4.74 Å². The van der Waals surface area contributed by atoms with Crippen molar-refractivity contribution in [3.63, 3.8) is 0 Å². The van der Waals surface area contributed by atoms with Crippen LogP contribution in [0.4, 0.5) is 4.39 Å². The molecule has 20 heavy (non-hydrogen) atoms. The maximum Gasteiger partial charge on any atom is 0.316 e. The van der Waals surface area contributed by atoms with Crippen molar-refractivity contribution in [2.45, 2.75) is 25.9 Å². The van der Waals surface area contributed by atoms with E-state index in [0.29, 0.717) is 19.7 Å². The van der Waals surface area contributed by atoms with E-state index in [1.54, 1.807) is 4.90 Å². The maximum atomic E-state index is 12.7. The van der Waals surface area contributed by atoms with Crippen molar-refractivity contribution in [1.82, 2.24) is 14.9 Å². The Labute approximate surface area is 116 Å². The van der Waals surface area contributed by atoms with Crippen LogP contribution in [0.2, 0.25) is 0 Å². The molecule has 1 saturated heterocycles. The molecule has 0 bridgehead atoms. The number of nitrogens with zero attached hydrogens (tertiary/aromatic N) is 3. The van der Waals surface area contributed by atoms with Gasteiger partial charge in [0, 0.05) is 13.2 Å². The molecule has 2 heterocycles. The average molecular weight is 283 g/mol. The van der Waals surface area contributed by atoms with Gasteiger partial charge in [0.2, 0.25) is 5.91 Å². The van der Waals surface area contributed by atoms with Crippen LogP contribution in [0, 0.1) is 5.82 Å². The monoisotopic (exact) mass is 283 g/mol. The van der Waals surface area contributed by atoms with Crippen molar-refractivity contribution in [2.75, 3.05) is 26.3 Å². The zero-order valence-electron chi connectivity index (χ0n) is 11.4. The third-order valence-corrected chi connectivity index (χ3v) is 3.03. The predicted octanol–water partition coefficient (Wildman–Crippen LogP) is 1.02. The van der Waals surface area contributed by atoms with Crippen LogP contribution in [0.1, 0.15) is 19.8 Å². The largest absolute Gasteiger partial charge is 0.458 e. The first-order chi connectivity index (χ1) is 9.69. The standard InChI is InChI=1S/C13H18FN3O3/c1-2-19-9-12(18)17-5-3-4-11(8-17)20-13-15-6-10(14)7-16-13/h6-7,11H,2-5,8-9H2,1H3. The number of carbonyl (C=O) groups is 1. The molecule has 110 valence electrons. The van der Waals surface area contributed by atoms with Crippen molar-refractivity contribution < 1.29 is 18.7 Å².